The van der Waals surface area contributed by atoms with E-state index >= 15 is 0 Å². The Morgan fingerprint density at radius 2 is 1.90 bits per heavy atom. The molecule has 2 N–H and O–H groups in total. The molecule has 1 aliphatic carbocycles. The number of carbonyl (C=O) groups is 3. The van der Waals surface area contributed by atoms with Crippen LogP contribution in [0.4, 0.5) is 0 Å². The van der Waals surface area contributed by atoms with Gasteiger partial charge in [-0.05, 0) is 32.6 Å². The van der Waals surface area contributed by atoms with Crippen molar-refractivity contribution < 1.29 is 29.3 Å². The van der Waals surface area contributed by atoms with E-state index in [1.807, 2.05) is 25.2 Å². The highest BCUT2D eigenvalue weighted by Crippen LogP contribution is 2.34. The first-order chi connectivity index (χ1) is 13.9. The standard InChI is InChI=1S/C23H36O6/c1-3-5-11-17(24)12-10-14-19-18(21(26)16-22(19)27)13-8-6-7-9-15-20(25)23(28)29-4-2/h5,10-11,14,17-19,22,24,27H,3-4,6-9,12-13,15-16H2,1-2H3/t17?,18-,19-,22-/m1/s1. The zero-order chi connectivity index (χ0) is 21.6. The molecule has 0 heterocycles. The molecule has 1 rings (SSSR count). The van der Waals surface area contributed by atoms with Crippen molar-refractivity contribution in [1.29, 1.82) is 0 Å². The lowest BCUT2D eigenvalue weighted by Gasteiger charge is -2.17. The molecule has 4 atom stereocenters. The van der Waals surface area contributed by atoms with Crippen LogP contribution in [0.5, 0.6) is 0 Å². The molecule has 164 valence electrons. The first kappa shape index (κ1) is 25.2. The second-order valence-electron chi connectivity index (χ2n) is 7.59. The molecule has 6 heteroatoms. The van der Waals surface area contributed by atoms with Crippen molar-refractivity contribution >= 4 is 17.5 Å². The van der Waals surface area contributed by atoms with Gasteiger partial charge in [0.15, 0.2) is 0 Å². The van der Waals surface area contributed by atoms with Gasteiger partial charge in [0.25, 0.3) is 0 Å². The molecule has 0 spiro atoms. The van der Waals surface area contributed by atoms with E-state index in [1.165, 1.54) is 0 Å². The number of hydrogen-bond donors (Lipinski definition) is 2. The number of allylic oxidation sites excluding steroid dienone is 1. The summed E-state index contributed by atoms with van der Waals surface area (Å²) in [4.78, 5) is 35.0. The van der Waals surface area contributed by atoms with E-state index in [0.29, 0.717) is 19.3 Å². The van der Waals surface area contributed by atoms with Gasteiger partial charge in [-0.15, -0.1) is 0 Å². The number of rotatable bonds is 14. The van der Waals surface area contributed by atoms with Crippen molar-refractivity contribution in [2.45, 2.75) is 83.8 Å². The van der Waals surface area contributed by atoms with Gasteiger partial charge in [0.1, 0.15) is 5.78 Å². The third-order valence-corrected chi connectivity index (χ3v) is 5.23. The van der Waals surface area contributed by atoms with Crippen LogP contribution >= 0.6 is 0 Å². The van der Waals surface area contributed by atoms with Crippen LogP contribution in [0.2, 0.25) is 0 Å². The Hall–Kier alpha value is -1.79. The minimum atomic E-state index is -0.761. The van der Waals surface area contributed by atoms with Gasteiger partial charge >= 0.3 is 5.97 Å². The lowest BCUT2D eigenvalue weighted by Crippen LogP contribution is -2.18. The van der Waals surface area contributed by atoms with Crippen LogP contribution < -0.4 is 0 Å². The van der Waals surface area contributed by atoms with Gasteiger partial charge in [-0.1, -0.05) is 50.5 Å². The Labute approximate surface area is 174 Å². The van der Waals surface area contributed by atoms with Gasteiger partial charge in [0.2, 0.25) is 5.78 Å². The number of ketones is 2. The first-order valence-electron chi connectivity index (χ1n) is 10.8. The van der Waals surface area contributed by atoms with Crippen molar-refractivity contribution in [2.75, 3.05) is 6.61 Å². The van der Waals surface area contributed by atoms with E-state index in [4.69, 9.17) is 0 Å². The average molecular weight is 409 g/mol. The maximum atomic E-state index is 12.2. The van der Waals surface area contributed by atoms with E-state index in [0.717, 1.165) is 25.7 Å². The Morgan fingerprint density at radius 3 is 2.59 bits per heavy atom. The number of carbonyl (C=O) groups excluding carboxylic acids is 3. The molecule has 0 aromatic heterocycles. The lowest BCUT2D eigenvalue weighted by atomic mass is 9.88. The largest absolute Gasteiger partial charge is 0.460 e. The molecule has 0 aromatic carbocycles. The van der Waals surface area contributed by atoms with E-state index in [2.05, 4.69) is 4.74 Å². The van der Waals surface area contributed by atoms with Gasteiger partial charge in [0.05, 0.1) is 18.8 Å². The summed E-state index contributed by atoms with van der Waals surface area (Å²) in [6.07, 6.45) is 11.8. The normalized spacial score (nSPS) is 23.2. The van der Waals surface area contributed by atoms with Gasteiger partial charge in [-0.2, -0.15) is 0 Å². The second-order valence-corrected chi connectivity index (χ2v) is 7.59. The van der Waals surface area contributed by atoms with Crippen LogP contribution in [-0.2, 0) is 19.1 Å². The molecule has 0 saturated heterocycles. The van der Waals surface area contributed by atoms with E-state index in [1.54, 1.807) is 13.0 Å². The van der Waals surface area contributed by atoms with Crippen molar-refractivity contribution in [2.24, 2.45) is 11.8 Å². The van der Waals surface area contributed by atoms with Crippen LogP contribution in [0.25, 0.3) is 0 Å². The number of Topliss-reactive ketones (excluding diaryl/α,β-unsaturated/α-hetero) is 2. The van der Waals surface area contributed by atoms with Crippen molar-refractivity contribution in [3.63, 3.8) is 0 Å². The lowest BCUT2D eigenvalue weighted by molar-refractivity contribution is -0.153. The summed E-state index contributed by atoms with van der Waals surface area (Å²) in [6, 6.07) is 0. The second kappa shape index (κ2) is 14.2. The zero-order valence-corrected chi connectivity index (χ0v) is 17.7. The van der Waals surface area contributed by atoms with E-state index in [9.17, 15) is 24.6 Å². The molecule has 1 aliphatic rings. The Bertz CT molecular complexity index is 580. The molecule has 6 nitrogen and oxygen atoms in total. The number of hydrogen-bond acceptors (Lipinski definition) is 6. The third kappa shape index (κ3) is 9.50. The van der Waals surface area contributed by atoms with Crippen molar-refractivity contribution in [1.82, 2.24) is 0 Å². The maximum Gasteiger partial charge on any atom is 0.374 e. The molecular formula is C23H36O6. The summed E-state index contributed by atoms with van der Waals surface area (Å²) < 4.78 is 4.67. The smallest absolute Gasteiger partial charge is 0.374 e. The number of ether oxygens (including phenoxy) is 1. The first-order valence-corrected chi connectivity index (χ1v) is 10.8. The highest BCUT2D eigenvalue weighted by molar-refractivity contribution is 6.33. The summed E-state index contributed by atoms with van der Waals surface area (Å²) in [5.41, 5.74) is 0. The molecule has 0 bridgehead atoms. The Morgan fingerprint density at radius 1 is 1.17 bits per heavy atom. The average Bonchev–Trinajstić information content (AvgIpc) is 2.95. The molecule has 0 radical (unpaired) electrons. The van der Waals surface area contributed by atoms with Crippen LogP contribution in [0.15, 0.2) is 24.3 Å². The van der Waals surface area contributed by atoms with Crippen LogP contribution in [0.1, 0.15) is 71.6 Å². The van der Waals surface area contributed by atoms with Crippen LogP contribution in [0, 0.1) is 11.8 Å². The monoisotopic (exact) mass is 408 g/mol. The van der Waals surface area contributed by atoms with Gasteiger partial charge < -0.3 is 14.9 Å². The summed E-state index contributed by atoms with van der Waals surface area (Å²) in [6.45, 7) is 3.87. The molecule has 0 amide bonds. The highest BCUT2D eigenvalue weighted by atomic mass is 16.5. The quantitative estimate of drug-likeness (QED) is 0.198. The Balaban J connectivity index is 2.35. The summed E-state index contributed by atoms with van der Waals surface area (Å²) >= 11 is 0. The molecule has 0 aromatic rings. The number of unbranched alkanes of at least 4 members (excludes halogenated alkanes) is 3. The summed E-state index contributed by atoms with van der Waals surface area (Å²) in [5.74, 6) is -1.54. The molecular weight excluding hydrogens is 372 g/mol. The van der Waals surface area contributed by atoms with E-state index in [-0.39, 0.29) is 37.1 Å². The fourth-order valence-electron chi connectivity index (χ4n) is 3.66. The molecule has 1 fully saturated rings. The molecule has 0 aliphatic heterocycles. The zero-order valence-electron chi connectivity index (χ0n) is 17.7. The van der Waals surface area contributed by atoms with Gasteiger partial charge in [-0.3, -0.25) is 9.59 Å². The molecule has 1 unspecified atom stereocenters. The van der Waals surface area contributed by atoms with Gasteiger partial charge in [-0.25, -0.2) is 4.79 Å². The summed E-state index contributed by atoms with van der Waals surface area (Å²) in [7, 11) is 0. The van der Waals surface area contributed by atoms with Gasteiger partial charge in [0, 0.05) is 24.7 Å². The predicted octanol–water partition coefficient (Wildman–Crippen LogP) is 3.30. The SMILES string of the molecule is CCC=CC(O)CC=C[C@H]1[C@H](O)CC(=O)[C@@H]1CCCCCCC(=O)C(=O)OCC. The third-order valence-electron chi connectivity index (χ3n) is 5.23. The summed E-state index contributed by atoms with van der Waals surface area (Å²) in [5, 5.41) is 20.0. The maximum absolute atomic E-state index is 12.2. The molecule has 1 saturated carbocycles. The highest BCUT2D eigenvalue weighted by Gasteiger charge is 2.39. The number of esters is 1. The fourth-order valence-corrected chi connectivity index (χ4v) is 3.66. The van der Waals surface area contributed by atoms with Crippen LogP contribution in [0.3, 0.4) is 0 Å². The van der Waals surface area contributed by atoms with Crippen molar-refractivity contribution in [3.8, 4) is 0 Å². The molecule has 29 heavy (non-hydrogen) atoms. The fraction of sp³-hybridized carbons (Fsp3) is 0.696. The predicted molar refractivity (Wildman–Crippen MR) is 111 cm³/mol. The van der Waals surface area contributed by atoms with E-state index < -0.39 is 24.0 Å². The van der Waals surface area contributed by atoms with Crippen LogP contribution in [-0.4, -0.2) is 46.6 Å². The van der Waals surface area contributed by atoms with Crippen molar-refractivity contribution in [3.05, 3.63) is 24.3 Å². The number of aliphatic hydroxyl groups is 2. The topological polar surface area (TPSA) is 101 Å². The number of aliphatic hydroxyl groups excluding tert-OH is 2. The minimum Gasteiger partial charge on any atom is -0.460 e. The minimum absolute atomic E-state index is 0.0936. The Kier molecular flexibility index (Phi) is 12.4.